The predicted molar refractivity (Wildman–Crippen MR) is 117 cm³/mol. The van der Waals surface area contributed by atoms with Gasteiger partial charge >= 0.3 is 0 Å². The highest BCUT2D eigenvalue weighted by molar-refractivity contribution is 6.23. The maximum Gasteiger partial charge on any atom is 0.266 e. The van der Waals surface area contributed by atoms with Crippen LogP contribution in [0.5, 0.6) is 5.75 Å². The number of benzene rings is 3. The summed E-state index contributed by atoms with van der Waals surface area (Å²) in [6, 6.07) is 25.6. The van der Waals surface area contributed by atoms with Gasteiger partial charge in [-0.1, -0.05) is 54.6 Å². The first kappa shape index (κ1) is 19.3. The van der Waals surface area contributed by atoms with E-state index in [1.165, 1.54) is 4.90 Å². The first-order valence-corrected chi connectivity index (χ1v) is 10.4. The SMILES string of the molecule is CCOc1ccccc1[C@H]1[C@H]2C(=O)N(c3ccccc3)C(=O)[C@H]2ON1c1ccccc1. The molecule has 156 valence electrons. The van der Waals surface area contributed by atoms with E-state index in [1.807, 2.05) is 79.7 Å². The normalized spacial score (nSPS) is 22.7. The molecule has 0 bridgehead atoms. The van der Waals surface area contributed by atoms with Crippen LogP contribution in [0.2, 0.25) is 0 Å². The predicted octanol–water partition coefficient (Wildman–Crippen LogP) is 4.14. The summed E-state index contributed by atoms with van der Waals surface area (Å²) >= 11 is 0. The molecule has 0 aromatic heterocycles. The third-order valence-corrected chi connectivity index (χ3v) is 5.68. The van der Waals surface area contributed by atoms with Gasteiger partial charge in [-0.05, 0) is 37.3 Å². The van der Waals surface area contributed by atoms with Gasteiger partial charge in [0, 0.05) is 5.56 Å². The van der Waals surface area contributed by atoms with Crippen LogP contribution >= 0.6 is 0 Å². The van der Waals surface area contributed by atoms with Crippen molar-refractivity contribution in [3.8, 4) is 5.75 Å². The van der Waals surface area contributed by atoms with Crippen molar-refractivity contribution in [2.24, 2.45) is 5.92 Å². The molecule has 0 spiro atoms. The van der Waals surface area contributed by atoms with Crippen LogP contribution in [-0.2, 0) is 14.4 Å². The number of fused-ring (bicyclic) bond motifs is 1. The van der Waals surface area contributed by atoms with Crippen LogP contribution in [0.15, 0.2) is 84.9 Å². The zero-order chi connectivity index (χ0) is 21.4. The Labute approximate surface area is 180 Å². The van der Waals surface area contributed by atoms with Crippen molar-refractivity contribution < 1.29 is 19.2 Å². The first-order chi connectivity index (χ1) is 15.2. The summed E-state index contributed by atoms with van der Waals surface area (Å²) in [4.78, 5) is 34.3. The maximum atomic E-state index is 13.6. The monoisotopic (exact) mass is 414 g/mol. The number of para-hydroxylation sites is 3. The fraction of sp³-hybridized carbons (Fsp3) is 0.200. The first-order valence-electron chi connectivity index (χ1n) is 10.4. The van der Waals surface area contributed by atoms with Gasteiger partial charge in [0.2, 0.25) is 5.91 Å². The van der Waals surface area contributed by atoms with Gasteiger partial charge in [-0.25, -0.2) is 9.96 Å². The van der Waals surface area contributed by atoms with E-state index >= 15 is 0 Å². The summed E-state index contributed by atoms with van der Waals surface area (Å²) in [6.45, 7) is 2.41. The van der Waals surface area contributed by atoms with Gasteiger partial charge < -0.3 is 4.74 Å². The Morgan fingerprint density at radius 2 is 1.42 bits per heavy atom. The second-order valence-electron chi connectivity index (χ2n) is 7.48. The molecule has 3 aromatic carbocycles. The van der Waals surface area contributed by atoms with E-state index in [4.69, 9.17) is 9.57 Å². The fourth-order valence-corrected chi connectivity index (χ4v) is 4.37. The molecule has 6 heteroatoms. The number of carbonyl (C=O) groups is 2. The molecule has 0 radical (unpaired) electrons. The molecule has 0 saturated carbocycles. The molecule has 2 saturated heterocycles. The highest BCUT2D eigenvalue weighted by atomic mass is 16.7. The second kappa shape index (κ2) is 7.89. The van der Waals surface area contributed by atoms with Crippen molar-refractivity contribution in [2.75, 3.05) is 16.6 Å². The third kappa shape index (κ3) is 3.16. The van der Waals surface area contributed by atoms with Crippen molar-refractivity contribution in [1.29, 1.82) is 0 Å². The largest absolute Gasteiger partial charge is 0.494 e. The summed E-state index contributed by atoms with van der Waals surface area (Å²) in [5.74, 6) is -0.623. The Kier molecular flexibility index (Phi) is 4.92. The van der Waals surface area contributed by atoms with Crippen molar-refractivity contribution in [2.45, 2.75) is 19.1 Å². The van der Waals surface area contributed by atoms with Crippen LogP contribution < -0.4 is 14.7 Å². The average molecular weight is 414 g/mol. The molecule has 31 heavy (non-hydrogen) atoms. The number of hydroxylamine groups is 1. The van der Waals surface area contributed by atoms with Crippen LogP contribution in [0.4, 0.5) is 11.4 Å². The molecule has 2 fully saturated rings. The molecule has 5 rings (SSSR count). The fourth-order valence-electron chi connectivity index (χ4n) is 4.37. The zero-order valence-corrected chi connectivity index (χ0v) is 17.0. The number of hydrogen-bond donors (Lipinski definition) is 0. The topological polar surface area (TPSA) is 59.1 Å². The van der Waals surface area contributed by atoms with Crippen LogP contribution in [-0.4, -0.2) is 24.5 Å². The van der Waals surface area contributed by atoms with Gasteiger partial charge in [-0.15, -0.1) is 0 Å². The van der Waals surface area contributed by atoms with Gasteiger partial charge in [0.25, 0.3) is 5.91 Å². The van der Waals surface area contributed by atoms with Crippen molar-refractivity contribution >= 4 is 23.2 Å². The summed E-state index contributed by atoms with van der Waals surface area (Å²) in [7, 11) is 0. The maximum absolute atomic E-state index is 13.6. The molecule has 2 aliphatic rings. The number of rotatable bonds is 5. The summed E-state index contributed by atoms with van der Waals surface area (Å²) in [6.07, 6.45) is -0.896. The second-order valence-corrected chi connectivity index (χ2v) is 7.48. The molecular formula is C25H22N2O4. The smallest absolute Gasteiger partial charge is 0.266 e. The highest BCUT2D eigenvalue weighted by Crippen LogP contribution is 2.49. The van der Waals surface area contributed by atoms with E-state index in [9.17, 15) is 9.59 Å². The van der Waals surface area contributed by atoms with Crippen molar-refractivity contribution in [3.05, 3.63) is 90.5 Å². The van der Waals surface area contributed by atoms with Gasteiger partial charge in [0.15, 0.2) is 6.10 Å². The van der Waals surface area contributed by atoms with Crippen LogP contribution in [0.1, 0.15) is 18.5 Å². The van der Waals surface area contributed by atoms with E-state index in [0.29, 0.717) is 18.0 Å². The van der Waals surface area contributed by atoms with Gasteiger partial charge in [-0.2, -0.15) is 0 Å². The standard InChI is InChI=1S/C25H22N2O4/c1-2-30-20-16-10-9-15-19(20)22-21-23(31-27(22)18-13-7-4-8-14-18)25(29)26(24(21)28)17-11-5-3-6-12-17/h3-16,21-23H,2H2,1H3/t21-,22+,23+/m1/s1. The van der Waals surface area contributed by atoms with Crippen LogP contribution in [0.3, 0.4) is 0 Å². The van der Waals surface area contributed by atoms with E-state index in [-0.39, 0.29) is 11.8 Å². The molecule has 2 amide bonds. The lowest BCUT2D eigenvalue weighted by atomic mass is 9.90. The Balaban J connectivity index is 1.62. The van der Waals surface area contributed by atoms with Crippen molar-refractivity contribution in [3.63, 3.8) is 0 Å². The molecule has 3 atom stereocenters. The molecular weight excluding hydrogens is 392 g/mol. The molecule has 6 nitrogen and oxygen atoms in total. The Hall–Kier alpha value is -3.64. The minimum absolute atomic E-state index is 0.268. The van der Waals surface area contributed by atoms with E-state index in [2.05, 4.69) is 0 Å². The van der Waals surface area contributed by atoms with Crippen molar-refractivity contribution in [1.82, 2.24) is 0 Å². The van der Waals surface area contributed by atoms with Gasteiger partial charge in [0.1, 0.15) is 11.7 Å². The number of carbonyl (C=O) groups excluding carboxylic acids is 2. The lowest BCUT2D eigenvalue weighted by molar-refractivity contribution is -0.126. The Bertz CT molecular complexity index is 1100. The Morgan fingerprint density at radius 3 is 2.10 bits per heavy atom. The van der Waals surface area contributed by atoms with Crippen LogP contribution in [0, 0.1) is 5.92 Å². The lowest BCUT2D eigenvalue weighted by Gasteiger charge is -2.29. The number of amides is 2. The quantitative estimate of drug-likeness (QED) is 0.588. The Morgan fingerprint density at radius 1 is 0.806 bits per heavy atom. The van der Waals surface area contributed by atoms with Crippen LogP contribution in [0.25, 0.3) is 0 Å². The highest BCUT2D eigenvalue weighted by Gasteiger charge is 2.60. The third-order valence-electron chi connectivity index (χ3n) is 5.68. The summed E-state index contributed by atoms with van der Waals surface area (Å²) < 4.78 is 5.86. The molecule has 0 aliphatic carbocycles. The summed E-state index contributed by atoms with van der Waals surface area (Å²) in [5.41, 5.74) is 2.15. The minimum Gasteiger partial charge on any atom is -0.494 e. The number of nitrogens with zero attached hydrogens (tertiary/aromatic N) is 2. The average Bonchev–Trinajstić information content (AvgIpc) is 3.31. The minimum atomic E-state index is -0.896. The number of anilines is 2. The molecule has 2 aliphatic heterocycles. The molecule has 2 heterocycles. The van der Waals surface area contributed by atoms with E-state index in [1.54, 1.807) is 17.2 Å². The van der Waals surface area contributed by atoms with Gasteiger partial charge in [0.05, 0.1) is 24.0 Å². The van der Waals surface area contributed by atoms with E-state index in [0.717, 1.165) is 11.3 Å². The van der Waals surface area contributed by atoms with E-state index < -0.39 is 18.1 Å². The molecule has 0 unspecified atom stereocenters. The number of ether oxygens (including phenoxy) is 1. The number of imide groups is 1. The molecule has 0 N–H and O–H groups in total. The lowest BCUT2D eigenvalue weighted by Crippen LogP contribution is -2.37. The van der Waals surface area contributed by atoms with Gasteiger partial charge in [-0.3, -0.25) is 14.4 Å². The molecule has 3 aromatic rings. The summed E-state index contributed by atoms with van der Waals surface area (Å²) in [5, 5.41) is 1.69. The number of hydrogen-bond acceptors (Lipinski definition) is 5. The zero-order valence-electron chi connectivity index (χ0n) is 17.0.